The second kappa shape index (κ2) is 8.14. The van der Waals surface area contributed by atoms with Gasteiger partial charge in [-0.3, -0.25) is 9.69 Å². The minimum atomic E-state index is -0.323. The largest absolute Gasteiger partial charge is 0.441 e. The first-order valence-corrected chi connectivity index (χ1v) is 11.3. The van der Waals surface area contributed by atoms with Crippen LogP contribution in [0.2, 0.25) is 0 Å². The molecule has 3 atom stereocenters. The number of nitrogens with zero attached hydrogens (tertiary/aromatic N) is 2. The molecule has 1 aromatic carbocycles. The molecule has 5 rings (SSSR count). The van der Waals surface area contributed by atoms with Crippen LogP contribution in [-0.4, -0.2) is 34.9 Å². The number of likely N-dealkylation sites (tertiary alicyclic amines) is 1. The van der Waals surface area contributed by atoms with Crippen LogP contribution in [0.3, 0.4) is 0 Å². The van der Waals surface area contributed by atoms with E-state index < -0.39 is 0 Å². The van der Waals surface area contributed by atoms with Gasteiger partial charge in [-0.05, 0) is 63.1 Å². The molecule has 2 aromatic rings. The summed E-state index contributed by atoms with van der Waals surface area (Å²) in [4.78, 5) is 19.7. The van der Waals surface area contributed by atoms with E-state index in [1.165, 1.54) is 18.9 Å². The zero-order valence-corrected chi connectivity index (χ0v) is 17.6. The Morgan fingerprint density at radius 1 is 1.27 bits per heavy atom. The molecule has 0 unspecified atom stereocenters. The first kappa shape index (κ1) is 19.7. The molecular weight excluding hydrogens is 381 g/mol. The number of carbonyl (C=O) groups excluding carboxylic acids is 1. The molecule has 1 amide bonds. The van der Waals surface area contributed by atoms with Gasteiger partial charge in [0.05, 0.1) is 11.3 Å². The summed E-state index contributed by atoms with van der Waals surface area (Å²) in [6.07, 6.45) is 6.91. The number of oxazole rings is 1. The Balaban J connectivity index is 1.22. The third kappa shape index (κ3) is 3.78. The monoisotopic (exact) mass is 411 g/mol. The molecule has 1 aromatic heterocycles. The Bertz CT molecular complexity index is 921. The lowest BCUT2D eigenvalue weighted by atomic mass is 9.61. The zero-order chi connectivity index (χ0) is 20.7. The normalized spacial score (nSPS) is 26.9. The van der Waals surface area contributed by atoms with Crippen molar-refractivity contribution < 1.29 is 13.6 Å². The molecular formula is C24H30FN3O2. The average molecular weight is 412 g/mol. The van der Waals surface area contributed by atoms with Crippen molar-refractivity contribution in [2.75, 3.05) is 13.1 Å². The van der Waals surface area contributed by atoms with E-state index in [0.29, 0.717) is 35.9 Å². The van der Waals surface area contributed by atoms with Crippen LogP contribution in [0.1, 0.15) is 50.0 Å². The van der Waals surface area contributed by atoms with Crippen LogP contribution in [0, 0.1) is 30.5 Å². The maximum absolute atomic E-state index is 14.1. The fourth-order valence-corrected chi connectivity index (χ4v) is 5.51. The lowest BCUT2D eigenvalue weighted by Crippen LogP contribution is -2.55. The topological polar surface area (TPSA) is 58.4 Å². The number of hydrogen-bond donors (Lipinski definition) is 1. The molecule has 1 aliphatic heterocycles. The summed E-state index contributed by atoms with van der Waals surface area (Å²) in [7, 11) is 0. The number of carbonyl (C=O) groups is 1. The van der Waals surface area contributed by atoms with Crippen LogP contribution in [0.4, 0.5) is 4.39 Å². The van der Waals surface area contributed by atoms with Gasteiger partial charge in [0.25, 0.3) is 0 Å². The number of fused-ring (bicyclic) bond motifs is 1. The summed E-state index contributed by atoms with van der Waals surface area (Å²) in [5.74, 6) is 2.30. The SMILES string of the molecule is Cc1oc(-c2ccccc2F)nc1CN1CC[C@@H]2C[C@@H](C(=O)NC3CCCC3)[C@@H]2C1. The van der Waals surface area contributed by atoms with E-state index >= 15 is 0 Å². The number of rotatable bonds is 5. The lowest BCUT2D eigenvalue weighted by molar-refractivity contribution is -0.137. The quantitative estimate of drug-likeness (QED) is 0.797. The minimum Gasteiger partial charge on any atom is -0.441 e. The molecule has 30 heavy (non-hydrogen) atoms. The molecule has 3 fully saturated rings. The van der Waals surface area contributed by atoms with Crippen molar-refractivity contribution in [3.8, 4) is 11.5 Å². The van der Waals surface area contributed by atoms with Crippen LogP contribution >= 0.6 is 0 Å². The van der Waals surface area contributed by atoms with E-state index in [-0.39, 0.29) is 17.6 Å². The lowest BCUT2D eigenvalue weighted by Gasteiger charge is -2.50. The third-order valence-electron chi connectivity index (χ3n) is 7.37. The predicted molar refractivity (Wildman–Crippen MR) is 112 cm³/mol. The molecule has 1 N–H and O–H groups in total. The van der Waals surface area contributed by atoms with Crippen LogP contribution in [0.25, 0.3) is 11.5 Å². The molecule has 0 bridgehead atoms. The molecule has 2 saturated carbocycles. The summed E-state index contributed by atoms with van der Waals surface area (Å²) >= 11 is 0. The second-order valence-electron chi connectivity index (χ2n) is 9.28. The molecule has 0 radical (unpaired) electrons. The van der Waals surface area contributed by atoms with Crippen molar-refractivity contribution in [3.63, 3.8) is 0 Å². The standard InChI is InChI=1S/C24H30FN3O2/c1-15-22(27-24(30-15)18-8-4-5-9-21(18)25)14-28-11-10-16-12-19(20(16)13-28)23(29)26-17-6-2-3-7-17/h4-5,8-9,16-17,19-20H,2-3,6-7,10-14H2,1H3,(H,26,29)/t16-,19-,20-/m1/s1. The van der Waals surface area contributed by atoms with Crippen molar-refractivity contribution in [1.29, 1.82) is 0 Å². The smallest absolute Gasteiger partial charge is 0.229 e. The van der Waals surface area contributed by atoms with Crippen molar-refractivity contribution in [1.82, 2.24) is 15.2 Å². The molecule has 1 saturated heterocycles. The van der Waals surface area contributed by atoms with Crippen LogP contribution in [0.5, 0.6) is 0 Å². The van der Waals surface area contributed by atoms with Crippen molar-refractivity contribution in [3.05, 3.63) is 41.5 Å². The highest BCUT2D eigenvalue weighted by atomic mass is 19.1. The zero-order valence-electron chi connectivity index (χ0n) is 17.6. The summed E-state index contributed by atoms with van der Waals surface area (Å²) in [5, 5.41) is 3.29. The van der Waals surface area contributed by atoms with Gasteiger partial charge in [0.2, 0.25) is 11.8 Å². The summed E-state index contributed by atoms with van der Waals surface area (Å²) in [6, 6.07) is 6.96. The van der Waals surface area contributed by atoms with Gasteiger partial charge in [-0.15, -0.1) is 0 Å². The number of piperidine rings is 1. The van der Waals surface area contributed by atoms with Gasteiger partial charge in [-0.25, -0.2) is 9.37 Å². The van der Waals surface area contributed by atoms with Gasteiger partial charge in [-0.1, -0.05) is 25.0 Å². The number of aryl methyl sites for hydroxylation is 1. The highest BCUT2D eigenvalue weighted by Crippen LogP contribution is 2.46. The van der Waals surface area contributed by atoms with E-state index in [1.54, 1.807) is 18.2 Å². The van der Waals surface area contributed by atoms with Crippen LogP contribution < -0.4 is 5.32 Å². The highest BCUT2D eigenvalue weighted by molar-refractivity contribution is 5.80. The van der Waals surface area contributed by atoms with E-state index in [2.05, 4.69) is 15.2 Å². The van der Waals surface area contributed by atoms with Crippen molar-refractivity contribution in [2.24, 2.45) is 17.8 Å². The fourth-order valence-electron chi connectivity index (χ4n) is 5.51. The molecule has 3 aliphatic rings. The van der Waals surface area contributed by atoms with Crippen LogP contribution in [0.15, 0.2) is 28.7 Å². The number of aromatic nitrogens is 1. The van der Waals surface area contributed by atoms with Gasteiger partial charge < -0.3 is 9.73 Å². The van der Waals surface area contributed by atoms with E-state index in [9.17, 15) is 9.18 Å². The van der Waals surface area contributed by atoms with E-state index in [0.717, 1.165) is 50.2 Å². The highest BCUT2D eigenvalue weighted by Gasteiger charge is 2.47. The van der Waals surface area contributed by atoms with E-state index in [4.69, 9.17) is 4.42 Å². The Hall–Kier alpha value is -2.21. The molecule has 2 heterocycles. The minimum absolute atomic E-state index is 0.158. The molecule has 6 heteroatoms. The predicted octanol–water partition coefficient (Wildman–Crippen LogP) is 4.31. The van der Waals surface area contributed by atoms with Gasteiger partial charge in [0, 0.05) is 25.0 Å². The number of benzene rings is 1. The van der Waals surface area contributed by atoms with Gasteiger partial charge in [0.1, 0.15) is 11.6 Å². The van der Waals surface area contributed by atoms with Gasteiger partial charge in [-0.2, -0.15) is 0 Å². The summed E-state index contributed by atoms with van der Waals surface area (Å²) in [6.45, 7) is 4.51. The molecule has 2 aliphatic carbocycles. The number of amides is 1. The van der Waals surface area contributed by atoms with Crippen molar-refractivity contribution >= 4 is 5.91 Å². The van der Waals surface area contributed by atoms with Gasteiger partial charge >= 0.3 is 0 Å². The molecule has 160 valence electrons. The summed E-state index contributed by atoms with van der Waals surface area (Å²) in [5.41, 5.74) is 1.26. The van der Waals surface area contributed by atoms with Gasteiger partial charge in [0.15, 0.2) is 0 Å². The Kier molecular flexibility index (Phi) is 5.35. The number of halogens is 1. The Labute approximate surface area is 177 Å². The Morgan fingerprint density at radius 3 is 2.87 bits per heavy atom. The summed E-state index contributed by atoms with van der Waals surface area (Å²) < 4.78 is 19.9. The average Bonchev–Trinajstić information content (AvgIpc) is 3.34. The third-order valence-corrected chi connectivity index (χ3v) is 7.37. The van der Waals surface area contributed by atoms with Crippen molar-refractivity contribution in [2.45, 2.75) is 58.0 Å². The van der Waals surface area contributed by atoms with Crippen LogP contribution in [-0.2, 0) is 11.3 Å². The fraction of sp³-hybridized carbons (Fsp3) is 0.583. The number of hydrogen-bond acceptors (Lipinski definition) is 4. The molecule has 5 nitrogen and oxygen atoms in total. The van der Waals surface area contributed by atoms with E-state index in [1.807, 2.05) is 6.92 Å². The number of nitrogens with one attached hydrogen (secondary N) is 1. The second-order valence-corrected chi connectivity index (χ2v) is 9.28. The Morgan fingerprint density at radius 2 is 2.07 bits per heavy atom. The molecule has 0 spiro atoms. The maximum atomic E-state index is 14.1. The first-order valence-electron chi connectivity index (χ1n) is 11.3. The first-order chi connectivity index (χ1) is 14.6. The maximum Gasteiger partial charge on any atom is 0.229 e.